The largest absolute Gasteiger partial charge is 0.365 e. The standard InChI is InChI=1S/C20H20Cl2N2O2S/c1-14-13-23(7-8-24(14)17-4-2-3-16(21)12-17)20(26)15-5-6-19(18(22)11-15)27-10-9-25/h2-6,9,11-12,14H,7-8,10,13H2,1H3/t14-/m0/s1. The molecule has 27 heavy (non-hydrogen) atoms. The zero-order valence-electron chi connectivity index (χ0n) is 14.9. The molecule has 4 nitrogen and oxygen atoms in total. The number of piperazine rings is 1. The van der Waals surface area contributed by atoms with Crippen LogP contribution in [-0.2, 0) is 4.79 Å². The number of carbonyl (C=O) groups is 2. The Morgan fingerprint density at radius 2 is 2.04 bits per heavy atom. The number of hydrogen-bond acceptors (Lipinski definition) is 4. The molecule has 2 aromatic rings. The fraction of sp³-hybridized carbons (Fsp3) is 0.300. The van der Waals surface area contributed by atoms with E-state index in [1.165, 1.54) is 11.8 Å². The molecule has 7 heteroatoms. The minimum absolute atomic E-state index is 0.0265. The van der Waals surface area contributed by atoms with E-state index >= 15 is 0 Å². The van der Waals surface area contributed by atoms with E-state index in [2.05, 4.69) is 11.8 Å². The Kier molecular flexibility index (Phi) is 6.68. The third-order valence-corrected chi connectivity index (χ3v) is 6.17. The molecule has 0 saturated carbocycles. The van der Waals surface area contributed by atoms with Crippen molar-refractivity contribution in [1.82, 2.24) is 4.90 Å². The minimum Gasteiger partial charge on any atom is -0.365 e. The van der Waals surface area contributed by atoms with Gasteiger partial charge in [0.05, 0.1) is 10.8 Å². The molecule has 0 aliphatic carbocycles. The van der Waals surface area contributed by atoms with Gasteiger partial charge >= 0.3 is 0 Å². The Hall–Kier alpha value is -1.69. The predicted octanol–water partition coefficient (Wildman–Crippen LogP) is 4.64. The second kappa shape index (κ2) is 9.00. The molecule has 0 radical (unpaired) electrons. The lowest BCUT2D eigenvalue weighted by Crippen LogP contribution is -2.53. The van der Waals surface area contributed by atoms with E-state index in [1.807, 2.05) is 29.2 Å². The molecule has 1 amide bonds. The first kappa shape index (κ1) is 20.1. The van der Waals surface area contributed by atoms with Gasteiger partial charge in [-0.1, -0.05) is 29.3 Å². The molecule has 0 N–H and O–H groups in total. The number of benzene rings is 2. The highest BCUT2D eigenvalue weighted by atomic mass is 35.5. The average Bonchev–Trinajstić information content (AvgIpc) is 2.66. The van der Waals surface area contributed by atoms with E-state index < -0.39 is 0 Å². The van der Waals surface area contributed by atoms with Crippen LogP contribution in [-0.4, -0.2) is 48.5 Å². The Morgan fingerprint density at radius 1 is 1.22 bits per heavy atom. The van der Waals surface area contributed by atoms with Crippen molar-refractivity contribution in [1.29, 1.82) is 0 Å². The van der Waals surface area contributed by atoms with Gasteiger partial charge in [0, 0.05) is 46.8 Å². The number of carbonyl (C=O) groups excluding carboxylic acids is 2. The van der Waals surface area contributed by atoms with Crippen molar-refractivity contribution in [3.63, 3.8) is 0 Å². The summed E-state index contributed by atoms with van der Waals surface area (Å²) in [5.74, 6) is 0.317. The molecule has 1 aliphatic rings. The number of halogens is 2. The molecule has 0 unspecified atom stereocenters. The van der Waals surface area contributed by atoms with Gasteiger partial charge in [0.2, 0.25) is 0 Å². The van der Waals surface area contributed by atoms with Crippen molar-refractivity contribution in [2.24, 2.45) is 0 Å². The number of thioether (sulfide) groups is 1. The summed E-state index contributed by atoms with van der Waals surface area (Å²) in [6, 6.07) is 13.2. The lowest BCUT2D eigenvalue weighted by atomic mass is 10.1. The molecule has 0 aromatic heterocycles. The van der Waals surface area contributed by atoms with Gasteiger partial charge < -0.3 is 14.6 Å². The van der Waals surface area contributed by atoms with Crippen LogP contribution in [0.4, 0.5) is 5.69 Å². The van der Waals surface area contributed by atoms with Crippen molar-refractivity contribution >= 4 is 52.8 Å². The molecule has 2 aromatic carbocycles. The highest BCUT2D eigenvalue weighted by Gasteiger charge is 2.27. The first-order valence-corrected chi connectivity index (χ1v) is 10.4. The lowest BCUT2D eigenvalue weighted by molar-refractivity contribution is -0.105. The van der Waals surface area contributed by atoms with Crippen molar-refractivity contribution in [2.45, 2.75) is 17.9 Å². The number of rotatable bonds is 5. The molecule has 1 aliphatic heterocycles. The number of nitrogens with zero attached hydrogens (tertiary/aromatic N) is 2. The van der Waals surface area contributed by atoms with E-state index in [9.17, 15) is 9.59 Å². The van der Waals surface area contributed by atoms with Gasteiger partial charge in [0.15, 0.2) is 0 Å². The van der Waals surface area contributed by atoms with Crippen molar-refractivity contribution in [2.75, 3.05) is 30.3 Å². The van der Waals surface area contributed by atoms with Crippen LogP contribution in [0.5, 0.6) is 0 Å². The molecule has 3 rings (SSSR count). The monoisotopic (exact) mass is 422 g/mol. The molecule has 1 heterocycles. The van der Waals surface area contributed by atoms with Gasteiger partial charge in [0.25, 0.3) is 5.91 Å². The summed E-state index contributed by atoms with van der Waals surface area (Å²) in [5.41, 5.74) is 1.64. The topological polar surface area (TPSA) is 40.6 Å². The van der Waals surface area contributed by atoms with Crippen LogP contribution in [0.3, 0.4) is 0 Å². The third kappa shape index (κ3) is 4.78. The van der Waals surface area contributed by atoms with Gasteiger partial charge in [-0.3, -0.25) is 4.79 Å². The van der Waals surface area contributed by atoms with Gasteiger partial charge in [0.1, 0.15) is 6.29 Å². The quantitative estimate of drug-likeness (QED) is 0.519. The van der Waals surface area contributed by atoms with Crippen LogP contribution in [0, 0.1) is 0 Å². The number of anilines is 1. The summed E-state index contributed by atoms with van der Waals surface area (Å²) in [5, 5.41) is 1.21. The third-order valence-electron chi connectivity index (χ3n) is 4.54. The first-order valence-electron chi connectivity index (χ1n) is 8.67. The maximum atomic E-state index is 12.9. The van der Waals surface area contributed by atoms with E-state index in [0.29, 0.717) is 34.5 Å². The molecular weight excluding hydrogens is 403 g/mol. The number of hydrogen-bond donors (Lipinski definition) is 0. The smallest absolute Gasteiger partial charge is 0.254 e. The summed E-state index contributed by atoms with van der Waals surface area (Å²) in [6.07, 6.45) is 0.834. The Balaban J connectivity index is 1.68. The lowest BCUT2D eigenvalue weighted by Gasteiger charge is -2.41. The van der Waals surface area contributed by atoms with Gasteiger partial charge in [-0.25, -0.2) is 0 Å². The SMILES string of the molecule is C[C@H]1CN(C(=O)c2ccc(SCC=O)c(Cl)c2)CCN1c1cccc(Cl)c1. The van der Waals surface area contributed by atoms with Crippen molar-refractivity contribution < 1.29 is 9.59 Å². The van der Waals surface area contributed by atoms with Crippen LogP contribution in [0.15, 0.2) is 47.4 Å². The maximum Gasteiger partial charge on any atom is 0.254 e. The predicted molar refractivity (Wildman–Crippen MR) is 112 cm³/mol. The van der Waals surface area contributed by atoms with Crippen LogP contribution in [0.25, 0.3) is 0 Å². The van der Waals surface area contributed by atoms with E-state index in [0.717, 1.165) is 23.4 Å². The average molecular weight is 423 g/mol. The summed E-state index contributed by atoms with van der Waals surface area (Å²) in [7, 11) is 0. The normalized spacial score (nSPS) is 17.1. The highest BCUT2D eigenvalue weighted by Crippen LogP contribution is 2.29. The van der Waals surface area contributed by atoms with Gasteiger partial charge in [-0.15, -0.1) is 11.8 Å². The summed E-state index contributed by atoms with van der Waals surface area (Å²) >= 11 is 13.7. The Labute approximate surface area is 173 Å². The summed E-state index contributed by atoms with van der Waals surface area (Å²) < 4.78 is 0. The van der Waals surface area contributed by atoms with Crippen LogP contribution in [0.1, 0.15) is 17.3 Å². The Morgan fingerprint density at radius 3 is 2.70 bits per heavy atom. The summed E-state index contributed by atoms with van der Waals surface area (Å²) in [4.78, 5) is 28.3. The van der Waals surface area contributed by atoms with Crippen LogP contribution >= 0.6 is 35.0 Å². The fourth-order valence-corrected chi connectivity index (χ4v) is 4.38. The molecule has 1 fully saturated rings. The zero-order valence-corrected chi connectivity index (χ0v) is 17.2. The second-order valence-corrected chi connectivity index (χ2v) is 8.30. The first-order chi connectivity index (χ1) is 13.0. The van der Waals surface area contributed by atoms with Gasteiger partial charge in [-0.2, -0.15) is 0 Å². The van der Waals surface area contributed by atoms with Crippen LogP contribution < -0.4 is 4.90 Å². The fourth-order valence-electron chi connectivity index (χ4n) is 3.24. The second-order valence-electron chi connectivity index (χ2n) is 6.40. The van der Waals surface area contributed by atoms with Crippen LogP contribution in [0.2, 0.25) is 10.0 Å². The molecule has 142 valence electrons. The number of aldehydes is 1. The van der Waals surface area contributed by atoms with E-state index in [1.54, 1.807) is 18.2 Å². The maximum absolute atomic E-state index is 12.9. The number of amides is 1. The van der Waals surface area contributed by atoms with E-state index in [-0.39, 0.29) is 11.9 Å². The molecule has 1 saturated heterocycles. The summed E-state index contributed by atoms with van der Waals surface area (Å²) in [6.45, 7) is 4.11. The minimum atomic E-state index is -0.0265. The van der Waals surface area contributed by atoms with Crippen molar-refractivity contribution in [3.05, 3.63) is 58.1 Å². The molecule has 0 bridgehead atoms. The van der Waals surface area contributed by atoms with Gasteiger partial charge in [-0.05, 0) is 43.3 Å². The molecule has 1 atom stereocenters. The van der Waals surface area contributed by atoms with Crippen molar-refractivity contribution in [3.8, 4) is 0 Å². The Bertz CT molecular complexity index is 846. The highest BCUT2D eigenvalue weighted by molar-refractivity contribution is 8.00. The molecule has 0 spiro atoms. The van der Waals surface area contributed by atoms with E-state index in [4.69, 9.17) is 23.2 Å². The zero-order chi connectivity index (χ0) is 19.4. The molecular formula is C20H20Cl2N2O2S.